The number of aromatic nitrogens is 4. The Kier molecular flexibility index (Phi) is 8.18. The summed E-state index contributed by atoms with van der Waals surface area (Å²) in [5.41, 5.74) is 15.8. The summed E-state index contributed by atoms with van der Waals surface area (Å²) in [7, 11) is 0. The van der Waals surface area contributed by atoms with Gasteiger partial charge in [-0.25, -0.2) is 9.97 Å². The molecule has 0 aliphatic carbocycles. The van der Waals surface area contributed by atoms with Gasteiger partial charge in [-0.3, -0.25) is 4.57 Å². The van der Waals surface area contributed by atoms with Crippen molar-refractivity contribution >= 4 is 65.3 Å². The minimum absolute atomic E-state index is 0.660. The number of para-hydroxylation sites is 4. The van der Waals surface area contributed by atoms with Gasteiger partial charge in [-0.15, -0.1) is 0 Å². The highest BCUT2D eigenvalue weighted by atomic mass is 15.2. The van der Waals surface area contributed by atoms with Gasteiger partial charge in [0.15, 0.2) is 0 Å². The van der Waals surface area contributed by atoms with E-state index in [1.54, 1.807) is 0 Å². The molecule has 0 aliphatic heterocycles. The lowest BCUT2D eigenvalue weighted by Crippen LogP contribution is -2.03. The third-order valence-corrected chi connectivity index (χ3v) is 12.9. The molecule has 0 saturated carbocycles. The Morgan fingerprint density at radius 1 is 0.281 bits per heavy atom. The fourth-order valence-corrected chi connectivity index (χ4v) is 9.95. The van der Waals surface area contributed by atoms with E-state index < -0.39 is 0 Å². The maximum Gasteiger partial charge on any atom is 0.235 e. The Morgan fingerprint density at radius 3 is 1.48 bits per heavy atom. The molecule has 0 spiro atoms. The largest absolute Gasteiger partial charge is 0.309 e. The molecule has 0 atom stereocenters. The Labute approximate surface area is 369 Å². The van der Waals surface area contributed by atoms with E-state index in [1.165, 1.54) is 71.3 Å². The van der Waals surface area contributed by atoms with E-state index in [2.05, 4.69) is 234 Å². The Morgan fingerprint density at radius 2 is 0.781 bits per heavy atom. The van der Waals surface area contributed by atoms with Gasteiger partial charge in [0.2, 0.25) is 5.95 Å². The van der Waals surface area contributed by atoms with Gasteiger partial charge in [0, 0.05) is 43.6 Å². The summed E-state index contributed by atoms with van der Waals surface area (Å²) in [4.78, 5) is 10.6. The van der Waals surface area contributed by atoms with Crippen LogP contribution in [0.2, 0.25) is 0 Å². The molecule has 0 unspecified atom stereocenters. The summed E-state index contributed by atoms with van der Waals surface area (Å²) >= 11 is 0. The molecule has 64 heavy (non-hydrogen) atoms. The predicted molar refractivity (Wildman–Crippen MR) is 267 cm³/mol. The van der Waals surface area contributed by atoms with Gasteiger partial charge in [0.05, 0.1) is 33.3 Å². The molecular weight excluding hydrogens is 777 g/mol. The third-order valence-electron chi connectivity index (χ3n) is 12.9. The zero-order valence-corrected chi connectivity index (χ0v) is 34.7. The lowest BCUT2D eigenvalue weighted by atomic mass is 9.93. The van der Waals surface area contributed by atoms with Gasteiger partial charge in [-0.1, -0.05) is 188 Å². The highest BCUT2D eigenvalue weighted by Gasteiger charge is 2.21. The first-order valence-corrected chi connectivity index (χ1v) is 21.8. The van der Waals surface area contributed by atoms with E-state index in [4.69, 9.17) is 9.97 Å². The monoisotopic (exact) mass is 814 g/mol. The third kappa shape index (κ3) is 5.70. The molecule has 13 rings (SSSR count). The average molecular weight is 815 g/mol. The minimum atomic E-state index is 0.660. The van der Waals surface area contributed by atoms with Crippen LogP contribution in [-0.2, 0) is 0 Å². The van der Waals surface area contributed by atoms with Gasteiger partial charge < -0.3 is 4.57 Å². The molecule has 0 fully saturated rings. The van der Waals surface area contributed by atoms with Gasteiger partial charge in [0.1, 0.15) is 0 Å². The number of hydrogen-bond acceptors (Lipinski definition) is 2. The minimum Gasteiger partial charge on any atom is -0.309 e. The van der Waals surface area contributed by atoms with Crippen molar-refractivity contribution in [2.24, 2.45) is 0 Å². The second kappa shape index (κ2) is 14.5. The number of benzene rings is 10. The van der Waals surface area contributed by atoms with Crippen LogP contribution in [0.1, 0.15) is 0 Å². The maximum atomic E-state index is 5.35. The second-order valence-electron chi connectivity index (χ2n) is 16.5. The van der Waals surface area contributed by atoms with Crippen LogP contribution in [0.15, 0.2) is 231 Å². The van der Waals surface area contributed by atoms with Crippen LogP contribution in [0.5, 0.6) is 0 Å². The Balaban J connectivity index is 0.893. The molecule has 0 radical (unpaired) electrons. The SMILES string of the molecule is c1ccc(-c2nc(-n3c4ccccc4c4cc(-c5ccc(-c6ccc(-c7ccc8c9ccccc9n(-c9ccccc9)c8c7)cc6)cc5)c5ccccc5c43)nc3ccccc23)cc1. The van der Waals surface area contributed by atoms with E-state index in [1.807, 2.05) is 6.07 Å². The van der Waals surface area contributed by atoms with Gasteiger partial charge in [-0.2, -0.15) is 0 Å². The lowest BCUT2D eigenvalue weighted by Gasteiger charge is -2.14. The summed E-state index contributed by atoms with van der Waals surface area (Å²) < 4.78 is 4.65. The summed E-state index contributed by atoms with van der Waals surface area (Å²) in [5.74, 6) is 0.660. The molecule has 13 aromatic rings. The zero-order valence-electron chi connectivity index (χ0n) is 34.7. The number of fused-ring (bicyclic) bond motifs is 9. The van der Waals surface area contributed by atoms with Gasteiger partial charge in [0.25, 0.3) is 0 Å². The predicted octanol–water partition coefficient (Wildman–Crippen LogP) is 15.6. The van der Waals surface area contributed by atoms with E-state index in [0.29, 0.717) is 5.95 Å². The molecule has 4 nitrogen and oxygen atoms in total. The molecule has 0 saturated heterocycles. The van der Waals surface area contributed by atoms with Crippen molar-refractivity contribution in [2.45, 2.75) is 0 Å². The topological polar surface area (TPSA) is 35.6 Å². The van der Waals surface area contributed by atoms with Crippen LogP contribution in [0.3, 0.4) is 0 Å². The molecule has 10 aromatic carbocycles. The molecule has 0 N–H and O–H groups in total. The maximum absolute atomic E-state index is 5.35. The van der Waals surface area contributed by atoms with Crippen molar-refractivity contribution in [3.05, 3.63) is 231 Å². The van der Waals surface area contributed by atoms with Crippen molar-refractivity contribution in [1.82, 2.24) is 19.1 Å². The van der Waals surface area contributed by atoms with Crippen molar-refractivity contribution in [3.63, 3.8) is 0 Å². The lowest BCUT2D eigenvalue weighted by molar-refractivity contribution is 1.02. The second-order valence-corrected chi connectivity index (χ2v) is 16.5. The number of hydrogen-bond donors (Lipinski definition) is 0. The fraction of sp³-hybridized carbons (Fsp3) is 0. The highest BCUT2D eigenvalue weighted by molar-refractivity contribution is 6.22. The van der Waals surface area contributed by atoms with E-state index in [9.17, 15) is 0 Å². The van der Waals surface area contributed by atoms with E-state index in [0.717, 1.165) is 44.3 Å². The molecule has 3 aromatic heterocycles. The van der Waals surface area contributed by atoms with E-state index >= 15 is 0 Å². The smallest absolute Gasteiger partial charge is 0.235 e. The Bertz CT molecular complexity index is 3920. The quantitative estimate of drug-likeness (QED) is 0.168. The fourth-order valence-electron chi connectivity index (χ4n) is 9.95. The first-order valence-electron chi connectivity index (χ1n) is 21.8. The molecule has 4 heteroatoms. The number of nitrogens with zero attached hydrogens (tertiary/aromatic N) is 4. The molecule has 298 valence electrons. The number of rotatable bonds is 6. The molecule has 0 bridgehead atoms. The van der Waals surface area contributed by atoms with Crippen molar-refractivity contribution in [3.8, 4) is 56.3 Å². The van der Waals surface area contributed by atoms with Crippen LogP contribution in [0, 0.1) is 0 Å². The average Bonchev–Trinajstić information content (AvgIpc) is 3.89. The standard InChI is InChI=1S/C60H38N4/c1-3-15-43(16-4-1)58-51-23-9-12-24-54(51)61-60(62-58)64-56-26-14-11-21-48(56)53-38-52(46-19-7-8-22-50(46)59(53)64)42-33-31-40(32-34-42)39-27-29-41(30-28-39)44-35-36-49-47-20-10-13-25-55(47)63(57(49)37-44)45-17-5-2-6-18-45/h1-38H. The molecule has 0 amide bonds. The van der Waals surface area contributed by atoms with Crippen LogP contribution >= 0.6 is 0 Å². The first kappa shape index (κ1) is 36.1. The van der Waals surface area contributed by atoms with Crippen molar-refractivity contribution in [1.29, 1.82) is 0 Å². The normalized spacial score (nSPS) is 11.8. The molecule has 0 aliphatic rings. The summed E-state index contributed by atoms with van der Waals surface area (Å²) in [5, 5.41) is 8.23. The Hall–Kier alpha value is -8.60. The summed E-state index contributed by atoms with van der Waals surface area (Å²) in [6.45, 7) is 0. The van der Waals surface area contributed by atoms with Gasteiger partial charge >= 0.3 is 0 Å². The van der Waals surface area contributed by atoms with Crippen LogP contribution in [0.25, 0.3) is 122 Å². The van der Waals surface area contributed by atoms with Gasteiger partial charge in [-0.05, 0) is 81.2 Å². The zero-order chi connectivity index (χ0) is 42.1. The summed E-state index contributed by atoms with van der Waals surface area (Å²) in [6.07, 6.45) is 0. The van der Waals surface area contributed by atoms with Crippen molar-refractivity contribution in [2.75, 3.05) is 0 Å². The molecule has 3 heterocycles. The van der Waals surface area contributed by atoms with Crippen LogP contribution in [-0.4, -0.2) is 19.1 Å². The van der Waals surface area contributed by atoms with Crippen LogP contribution in [0.4, 0.5) is 0 Å². The highest BCUT2D eigenvalue weighted by Crippen LogP contribution is 2.42. The first-order chi connectivity index (χ1) is 31.7. The summed E-state index contributed by atoms with van der Waals surface area (Å²) in [6, 6.07) is 82.8. The molecular formula is C60H38N4. The van der Waals surface area contributed by atoms with E-state index in [-0.39, 0.29) is 0 Å². The van der Waals surface area contributed by atoms with Crippen LogP contribution < -0.4 is 0 Å². The van der Waals surface area contributed by atoms with Crippen molar-refractivity contribution < 1.29 is 0 Å².